The second-order valence-corrected chi connectivity index (χ2v) is 3.08. The fourth-order valence-corrected chi connectivity index (χ4v) is 1.18. The molecule has 92 valence electrons. The third kappa shape index (κ3) is 4.22. The number of aliphatic hydroxyl groups is 1. The van der Waals surface area contributed by atoms with E-state index in [1.54, 1.807) is 19.1 Å². The predicted molar refractivity (Wildman–Crippen MR) is 60.1 cm³/mol. The number of carbonyl (C=O) groups excluding carboxylic acids is 1. The van der Waals surface area contributed by atoms with E-state index in [4.69, 9.17) is 20.0 Å². The van der Waals surface area contributed by atoms with Crippen LogP contribution in [0.2, 0.25) is 0 Å². The predicted octanol–water partition coefficient (Wildman–Crippen LogP) is 1.15. The number of aliphatic hydroxyl groups excluding tert-OH is 1. The van der Waals surface area contributed by atoms with Crippen LogP contribution in [0.15, 0.2) is 16.5 Å². The number of carbonyl (C=O) groups is 1. The van der Waals surface area contributed by atoms with Gasteiger partial charge in [-0.2, -0.15) is 0 Å². The Labute approximate surface area is 100.0 Å². The molecule has 1 aromatic rings. The van der Waals surface area contributed by atoms with Crippen molar-refractivity contribution < 1.29 is 19.1 Å². The van der Waals surface area contributed by atoms with Gasteiger partial charge in [0.15, 0.2) is 0 Å². The molecule has 0 bridgehead atoms. The quantitative estimate of drug-likeness (QED) is 0.765. The third-order valence-corrected chi connectivity index (χ3v) is 1.90. The van der Waals surface area contributed by atoms with Gasteiger partial charge in [-0.25, -0.2) is 0 Å². The Morgan fingerprint density at radius 2 is 2.31 bits per heavy atom. The van der Waals surface area contributed by atoms with E-state index in [1.165, 1.54) is 0 Å². The fraction of sp³-hybridized carbons (Fsp3) is 0.500. The molecule has 0 saturated heterocycles. The van der Waals surface area contributed by atoms with E-state index in [9.17, 15) is 4.79 Å². The molecule has 5 nitrogen and oxygen atoms in total. The van der Waals surface area contributed by atoms with Gasteiger partial charge in [-0.05, 0) is 19.1 Å². The van der Waals surface area contributed by atoms with Crippen molar-refractivity contribution in [2.45, 2.75) is 26.0 Å². The molecule has 1 atom stereocenters. The first kappa shape index (κ1) is 15.0. The SMILES string of the molecule is CCOC(=O)C[C@@H](N)c1ccc(CO)o1.Cl. The summed E-state index contributed by atoms with van der Waals surface area (Å²) in [5.41, 5.74) is 5.72. The molecule has 16 heavy (non-hydrogen) atoms. The highest BCUT2D eigenvalue weighted by molar-refractivity contribution is 5.85. The summed E-state index contributed by atoms with van der Waals surface area (Å²) in [4.78, 5) is 11.1. The number of rotatable bonds is 5. The average molecular weight is 250 g/mol. The number of ether oxygens (including phenoxy) is 1. The van der Waals surface area contributed by atoms with Crippen molar-refractivity contribution in [3.63, 3.8) is 0 Å². The van der Waals surface area contributed by atoms with Gasteiger partial charge in [0.05, 0.1) is 19.1 Å². The van der Waals surface area contributed by atoms with Crippen LogP contribution in [-0.2, 0) is 16.1 Å². The zero-order chi connectivity index (χ0) is 11.3. The molecule has 0 aliphatic heterocycles. The summed E-state index contributed by atoms with van der Waals surface area (Å²) in [5, 5.41) is 8.77. The van der Waals surface area contributed by atoms with Crippen molar-refractivity contribution in [2.24, 2.45) is 5.73 Å². The summed E-state index contributed by atoms with van der Waals surface area (Å²) >= 11 is 0. The van der Waals surface area contributed by atoms with Crippen molar-refractivity contribution in [1.29, 1.82) is 0 Å². The lowest BCUT2D eigenvalue weighted by Crippen LogP contribution is -2.16. The minimum Gasteiger partial charge on any atom is -0.466 e. The van der Waals surface area contributed by atoms with Gasteiger partial charge in [-0.3, -0.25) is 4.79 Å². The second kappa shape index (κ2) is 7.27. The lowest BCUT2D eigenvalue weighted by atomic mass is 10.2. The highest BCUT2D eigenvalue weighted by Crippen LogP contribution is 2.17. The van der Waals surface area contributed by atoms with Crippen LogP contribution in [0.3, 0.4) is 0 Å². The Morgan fingerprint density at radius 1 is 1.62 bits per heavy atom. The molecule has 3 N–H and O–H groups in total. The lowest BCUT2D eigenvalue weighted by Gasteiger charge is -2.07. The number of furan rings is 1. The standard InChI is InChI=1S/C10H15NO4.ClH/c1-2-14-10(13)5-8(11)9-4-3-7(6-12)15-9;/h3-4,8,12H,2,5-6,11H2,1H3;1H/t8-;/m1./s1. The van der Waals surface area contributed by atoms with Crippen LogP contribution in [0.25, 0.3) is 0 Å². The molecule has 0 fully saturated rings. The molecule has 0 radical (unpaired) electrons. The molecule has 0 unspecified atom stereocenters. The Morgan fingerprint density at radius 3 is 2.81 bits per heavy atom. The Balaban J connectivity index is 0.00000225. The molecule has 0 saturated carbocycles. The molecule has 0 amide bonds. The number of hydrogen-bond donors (Lipinski definition) is 2. The van der Waals surface area contributed by atoms with Crippen LogP contribution in [0.4, 0.5) is 0 Å². The first-order valence-corrected chi connectivity index (χ1v) is 4.78. The number of halogens is 1. The van der Waals surface area contributed by atoms with Crippen molar-refractivity contribution >= 4 is 18.4 Å². The summed E-state index contributed by atoms with van der Waals surface area (Å²) in [6, 6.07) is 2.75. The second-order valence-electron chi connectivity index (χ2n) is 3.08. The summed E-state index contributed by atoms with van der Waals surface area (Å²) in [6.45, 7) is 1.90. The fourth-order valence-electron chi connectivity index (χ4n) is 1.18. The highest BCUT2D eigenvalue weighted by atomic mass is 35.5. The molecular formula is C10H16ClNO4. The number of esters is 1. The van der Waals surface area contributed by atoms with Crippen molar-refractivity contribution in [2.75, 3.05) is 6.61 Å². The molecular weight excluding hydrogens is 234 g/mol. The number of nitrogens with two attached hydrogens (primary N) is 1. The normalized spacial score (nSPS) is 11.7. The van der Waals surface area contributed by atoms with Crippen molar-refractivity contribution in [3.05, 3.63) is 23.7 Å². The first-order chi connectivity index (χ1) is 7.17. The molecule has 1 rings (SSSR count). The molecule has 6 heteroatoms. The highest BCUT2D eigenvalue weighted by Gasteiger charge is 2.15. The van der Waals surface area contributed by atoms with Crippen LogP contribution in [0, 0.1) is 0 Å². The molecule has 1 heterocycles. The summed E-state index contributed by atoms with van der Waals surface area (Å²) in [5.74, 6) is 0.559. The Kier molecular flexibility index (Phi) is 6.80. The average Bonchev–Trinajstić information content (AvgIpc) is 2.66. The Bertz CT molecular complexity index is 326. The van der Waals surface area contributed by atoms with Gasteiger partial charge in [0.2, 0.25) is 0 Å². The van der Waals surface area contributed by atoms with Gasteiger partial charge in [0.1, 0.15) is 18.1 Å². The lowest BCUT2D eigenvalue weighted by molar-refractivity contribution is -0.143. The molecule has 1 aromatic heterocycles. The van der Waals surface area contributed by atoms with E-state index in [2.05, 4.69) is 0 Å². The van der Waals surface area contributed by atoms with Crippen LogP contribution in [-0.4, -0.2) is 17.7 Å². The van der Waals surface area contributed by atoms with Gasteiger partial charge in [-0.1, -0.05) is 0 Å². The van der Waals surface area contributed by atoms with Crippen LogP contribution in [0.1, 0.15) is 30.9 Å². The largest absolute Gasteiger partial charge is 0.466 e. The molecule has 0 aliphatic rings. The maximum atomic E-state index is 11.1. The monoisotopic (exact) mass is 249 g/mol. The molecule has 0 spiro atoms. The van der Waals surface area contributed by atoms with Gasteiger partial charge >= 0.3 is 5.97 Å². The third-order valence-electron chi connectivity index (χ3n) is 1.90. The van der Waals surface area contributed by atoms with Crippen molar-refractivity contribution in [1.82, 2.24) is 0 Å². The van der Waals surface area contributed by atoms with Gasteiger partial charge in [0.25, 0.3) is 0 Å². The van der Waals surface area contributed by atoms with E-state index >= 15 is 0 Å². The maximum absolute atomic E-state index is 11.1. The minimum atomic E-state index is -0.524. The van der Waals surface area contributed by atoms with Crippen LogP contribution >= 0.6 is 12.4 Å². The Hall–Kier alpha value is -1.04. The summed E-state index contributed by atoms with van der Waals surface area (Å²) in [6.07, 6.45) is 0.0756. The van der Waals surface area contributed by atoms with Gasteiger partial charge in [0, 0.05) is 0 Å². The minimum absolute atomic E-state index is 0. The smallest absolute Gasteiger partial charge is 0.307 e. The van der Waals surface area contributed by atoms with E-state index in [0.29, 0.717) is 18.1 Å². The molecule has 0 aliphatic carbocycles. The van der Waals surface area contributed by atoms with E-state index in [-0.39, 0.29) is 31.4 Å². The summed E-state index contributed by atoms with van der Waals surface area (Å²) in [7, 11) is 0. The van der Waals surface area contributed by atoms with Crippen LogP contribution < -0.4 is 5.73 Å². The van der Waals surface area contributed by atoms with Gasteiger partial charge in [-0.15, -0.1) is 12.4 Å². The maximum Gasteiger partial charge on any atom is 0.307 e. The zero-order valence-corrected chi connectivity index (χ0v) is 9.83. The van der Waals surface area contributed by atoms with Gasteiger partial charge < -0.3 is 20.0 Å². The van der Waals surface area contributed by atoms with Crippen molar-refractivity contribution in [3.8, 4) is 0 Å². The van der Waals surface area contributed by atoms with E-state index < -0.39 is 6.04 Å². The summed E-state index contributed by atoms with van der Waals surface area (Å²) < 4.78 is 9.95. The molecule has 0 aromatic carbocycles. The first-order valence-electron chi connectivity index (χ1n) is 4.78. The topological polar surface area (TPSA) is 85.7 Å². The number of hydrogen-bond acceptors (Lipinski definition) is 5. The van der Waals surface area contributed by atoms with E-state index in [0.717, 1.165) is 0 Å². The van der Waals surface area contributed by atoms with E-state index in [1.807, 2.05) is 0 Å². The van der Waals surface area contributed by atoms with Crippen LogP contribution in [0.5, 0.6) is 0 Å². The zero-order valence-electron chi connectivity index (χ0n) is 9.01.